The van der Waals surface area contributed by atoms with E-state index in [1.54, 1.807) is 0 Å². The largest absolute Gasteiger partial charge is 0.0620 e. The fourth-order valence-corrected chi connectivity index (χ4v) is 3.75. The predicted molar refractivity (Wildman–Crippen MR) is 52.9 cm³/mol. The fraction of sp³-hybridized carbons (Fsp3) is 1.00. The quantitative estimate of drug-likeness (QED) is 0.514. The smallest absolute Gasteiger partial charge is 0.0292 e. The summed E-state index contributed by atoms with van der Waals surface area (Å²) in [7, 11) is 0. The number of hydrogen-bond donors (Lipinski definition) is 0. The Morgan fingerprint density at radius 2 is 1.50 bits per heavy atom. The van der Waals surface area contributed by atoms with Gasteiger partial charge in [-0.3, -0.25) is 0 Å². The Balaban J connectivity index is 2.27. The van der Waals surface area contributed by atoms with Gasteiger partial charge in [0.1, 0.15) is 0 Å². The van der Waals surface area contributed by atoms with E-state index in [1.807, 2.05) is 0 Å². The van der Waals surface area contributed by atoms with E-state index in [0.29, 0.717) is 10.8 Å². The van der Waals surface area contributed by atoms with Gasteiger partial charge >= 0.3 is 0 Å². The standard InChI is InChI=1S/C12H22/c1-8-6-9-7-10(11(8,2)3)12(9,4)5/h8-10H,6-7H2,1-5H3/t8-,9-,10-/m1/s1. The van der Waals surface area contributed by atoms with Crippen LogP contribution in [0.1, 0.15) is 47.5 Å². The van der Waals surface area contributed by atoms with Gasteiger partial charge in [0.2, 0.25) is 0 Å². The van der Waals surface area contributed by atoms with E-state index in [-0.39, 0.29) is 0 Å². The molecule has 0 unspecified atom stereocenters. The van der Waals surface area contributed by atoms with Crippen molar-refractivity contribution in [3.63, 3.8) is 0 Å². The highest BCUT2D eigenvalue weighted by molar-refractivity contribution is 5.08. The fourth-order valence-electron chi connectivity index (χ4n) is 3.75. The maximum atomic E-state index is 2.47. The Kier molecular flexibility index (Phi) is 1.49. The van der Waals surface area contributed by atoms with Crippen LogP contribution in [0.5, 0.6) is 0 Å². The van der Waals surface area contributed by atoms with Crippen molar-refractivity contribution in [2.24, 2.45) is 28.6 Å². The molecule has 3 aliphatic carbocycles. The van der Waals surface area contributed by atoms with Crippen LogP contribution in [-0.2, 0) is 0 Å². The van der Waals surface area contributed by atoms with Crippen molar-refractivity contribution in [1.29, 1.82) is 0 Å². The molecular weight excluding hydrogens is 144 g/mol. The number of rotatable bonds is 0. The van der Waals surface area contributed by atoms with Gasteiger partial charge < -0.3 is 0 Å². The zero-order valence-corrected chi connectivity index (χ0v) is 9.15. The average Bonchev–Trinajstić information content (AvgIpc) is 1.93. The molecule has 3 rings (SSSR count). The molecule has 70 valence electrons. The summed E-state index contributed by atoms with van der Waals surface area (Å²) in [6, 6.07) is 0. The molecular formula is C12H22. The number of fused-ring (bicyclic) bond motifs is 2. The lowest BCUT2D eigenvalue weighted by Crippen LogP contribution is -2.58. The molecule has 2 bridgehead atoms. The molecule has 3 saturated carbocycles. The highest BCUT2D eigenvalue weighted by Gasteiger charge is 2.59. The second kappa shape index (κ2) is 2.08. The molecule has 0 N–H and O–H groups in total. The van der Waals surface area contributed by atoms with Crippen LogP contribution in [-0.4, -0.2) is 0 Å². The molecule has 0 heteroatoms. The Labute approximate surface area is 76.7 Å². The van der Waals surface area contributed by atoms with E-state index in [4.69, 9.17) is 0 Å². The zero-order valence-electron chi connectivity index (χ0n) is 9.15. The van der Waals surface area contributed by atoms with Gasteiger partial charge in [0.05, 0.1) is 0 Å². The maximum Gasteiger partial charge on any atom is -0.0292 e. The summed E-state index contributed by atoms with van der Waals surface area (Å²) >= 11 is 0. The molecule has 12 heavy (non-hydrogen) atoms. The Morgan fingerprint density at radius 3 is 1.83 bits per heavy atom. The van der Waals surface area contributed by atoms with Crippen molar-refractivity contribution in [3.8, 4) is 0 Å². The summed E-state index contributed by atoms with van der Waals surface area (Å²) in [5, 5.41) is 0. The van der Waals surface area contributed by atoms with E-state index in [9.17, 15) is 0 Å². The lowest BCUT2D eigenvalue weighted by atomic mass is 9.39. The van der Waals surface area contributed by atoms with Crippen molar-refractivity contribution in [2.75, 3.05) is 0 Å². The van der Waals surface area contributed by atoms with Crippen LogP contribution in [0.2, 0.25) is 0 Å². The van der Waals surface area contributed by atoms with Crippen molar-refractivity contribution >= 4 is 0 Å². The molecule has 3 atom stereocenters. The van der Waals surface area contributed by atoms with E-state index >= 15 is 0 Å². The Bertz CT molecular complexity index is 200. The van der Waals surface area contributed by atoms with Gasteiger partial charge in [0, 0.05) is 0 Å². The summed E-state index contributed by atoms with van der Waals surface area (Å²) in [4.78, 5) is 0. The third kappa shape index (κ3) is 0.791. The summed E-state index contributed by atoms with van der Waals surface area (Å²) in [6.07, 6.45) is 2.97. The molecule has 0 aromatic rings. The highest BCUT2D eigenvalue weighted by atomic mass is 14.6. The SMILES string of the molecule is C[C@@H]1C[C@@H]2C[C@@H](C2(C)C)C1(C)C. The molecule has 0 amide bonds. The molecule has 0 aliphatic heterocycles. The topological polar surface area (TPSA) is 0 Å². The predicted octanol–water partition coefficient (Wildman–Crippen LogP) is 3.71. The van der Waals surface area contributed by atoms with E-state index in [2.05, 4.69) is 34.6 Å². The first-order valence-corrected chi connectivity index (χ1v) is 5.37. The second-order valence-electron chi connectivity index (χ2n) is 6.26. The van der Waals surface area contributed by atoms with Gasteiger partial charge in [-0.25, -0.2) is 0 Å². The van der Waals surface area contributed by atoms with E-state index in [0.717, 1.165) is 17.8 Å². The third-order valence-corrected chi connectivity index (χ3v) is 5.28. The van der Waals surface area contributed by atoms with Crippen LogP contribution < -0.4 is 0 Å². The van der Waals surface area contributed by atoms with Gasteiger partial charge in [-0.05, 0) is 41.4 Å². The van der Waals surface area contributed by atoms with E-state index < -0.39 is 0 Å². The molecule has 0 nitrogen and oxygen atoms in total. The summed E-state index contributed by atoms with van der Waals surface area (Å²) in [6.45, 7) is 12.3. The van der Waals surface area contributed by atoms with Crippen LogP contribution in [0.25, 0.3) is 0 Å². The summed E-state index contributed by atoms with van der Waals surface area (Å²) < 4.78 is 0. The highest BCUT2D eigenvalue weighted by Crippen LogP contribution is 2.67. The lowest BCUT2D eigenvalue weighted by molar-refractivity contribution is -0.170. The molecule has 0 heterocycles. The molecule has 0 radical (unpaired) electrons. The Morgan fingerprint density at radius 1 is 0.917 bits per heavy atom. The monoisotopic (exact) mass is 166 g/mol. The van der Waals surface area contributed by atoms with Gasteiger partial charge in [0.15, 0.2) is 0 Å². The van der Waals surface area contributed by atoms with Crippen molar-refractivity contribution in [1.82, 2.24) is 0 Å². The lowest BCUT2D eigenvalue weighted by Gasteiger charge is -2.66. The van der Waals surface area contributed by atoms with Crippen LogP contribution in [0, 0.1) is 28.6 Å². The summed E-state index contributed by atoms with van der Waals surface area (Å²) in [5.74, 6) is 2.96. The minimum Gasteiger partial charge on any atom is -0.0620 e. The van der Waals surface area contributed by atoms with Gasteiger partial charge in [0.25, 0.3) is 0 Å². The normalized spacial score (nSPS) is 48.2. The first kappa shape index (κ1) is 8.59. The van der Waals surface area contributed by atoms with Crippen molar-refractivity contribution in [3.05, 3.63) is 0 Å². The van der Waals surface area contributed by atoms with Gasteiger partial charge in [-0.1, -0.05) is 34.6 Å². The van der Waals surface area contributed by atoms with Crippen LogP contribution in [0.4, 0.5) is 0 Å². The molecule has 0 spiro atoms. The van der Waals surface area contributed by atoms with Crippen molar-refractivity contribution in [2.45, 2.75) is 47.5 Å². The molecule has 0 saturated heterocycles. The molecule has 0 aromatic heterocycles. The average molecular weight is 166 g/mol. The maximum absolute atomic E-state index is 2.47. The first-order valence-electron chi connectivity index (χ1n) is 5.37. The van der Waals surface area contributed by atoms with Crippen molar-refractivity contribution < 1.29 is 0 Å². The van der Waals surface area contributed by atoms with Gasteiger partial charge in [-0.15, -0.1) is 0 Å². The second-order valence-corrected chi connectivity index (χ2v) is 6.26. The Hall–Kier alpha value is 0. The molecule has 3 aliphatic rings. The van der Waals surface area contributed by atoms with Crippen LogP contribution in [0.15, 0.2) is 0 Å². The number of hydrogen-bond acceptors (Lipinski definition) is 0. The first-order chi connectivity index (χ1) is 5.37. The third-order valence-electron chi connectivity index (χ3n) is 5.28. The van der Waals surface area contributed by atoms with Crippen LogP contribution in [0.3, 0.4) is 0 Å². The minimum absolute atomic E-state index is 0.595. The van der Waals surface area contributed by atoms with Crippen LogP contribution >= 0.6 is 0 Å². The zero-order chi connectivity index (χ0) is 9.15. The molecule has 3 fully saturated rings. The summed E-state index contributed by atoms with van der Waals surface area (Å²) in [5.41, 5.74) is 1.24. The van der Waals surface area contributed by atoms with E-state index in [1.165, 1.54) is 12.8 Å². The molecule has 0 aromatic carbocycles. The van der Waals surface area contributed by atoms with Gasteiger partial charge in [-0.2, -0.15) is 0 Å². The minimum atomic E-state index is 0.595.